The van der Waals surface area contributed by atoms with Gasteiger partial charge in [-0.15, -0.1) is 0 Å². The quantitative estimate of drug-likeness (QED) is 0.656. The van der Waals surface area contributed by atoms with Crippen molar-refractivity contribution in [2.24, 2.45) is 0 Å². The zero-order valence-corrected chi connectivity index (χ0v) is 9.87. The van der Waals surface area contributed by atoms with Crippen LogP contribution < -0.4 is 5.56 Å². The third-order valence-corrected chi connectivity index (χ3v) is 4.35. The zero-order valence-electron chi connectivity index (χ0n) is 5.56. The van der Waals surface area contributed by atoms with Crippen molar-refractivity contribution in [3.8, 4) is 11.9 Å². The summed E-state index contributed by atoms with van der Waals surface area (Å²) in [7, 11) is 0. The van der Waals surface area contributed by atoms with Gasteiger partial charge < -0.3 is 5.11 Å². The van der Waals surface area contributed by atoms with E-state index < -0.39 is 5.56 Å². The van der Waals surface area contributed by atoms with Crippen molar-refractivity contribution in [1.29, 1.82) is 5.26 Å². The predicted octanol–water partition coefficient (Wildman–Crippen LogP) is 1.16. The van der Waals surface area contributed by atoms with E-state index in [2.05, 4.69) is 4.98 Å². The van der Waals surface area contributed by atoms with Gasteiger partial charge in [-0.05, 0) is 45.2 Å². The molecule has 0 aliphatic heterocycles. The third-order valence-electron chi connectivity index (χ3n) is 1.19. The van der Waals surface area contributed by atoms with Gasteiger partial charge in [-0.3, -0.25) is 9.78 Å². The fourth-order valence-corrected chi connectivity index (χ4v) is 1.66. The molecule has 2 N–H and O–H groups in total. The molecule has 0 fully saturated rings. The first-order valence-corrected chi connectivity index (χ1v) is 4.94. The molecule has 0 aliphatic rings. The summed E-state index contributed by atoms with van der Waals surface area (Å²) in [5, 5.41) is 17.7. The fraction of sp³-hybridized carbons (Fsp3) is 0. The summed E-state index contributed by atoms with van der Waals surface area (Å²) >= 11 is 3.70. The Morgan fingerprint density at radius 3 is 2.50 bits per heavy atom. The number of halogens is 2. The molecule has 0 unspecified atom stereocenters. The molecule has 0 amide bonds. The van der Waals surface area contributed by atoms with E-state index >= 15 is 0 Å². The average Bonchev–Trinajstić information content (AvgIpc) is 2.01. The molecule has 1 aromatic rings. The van der Waals surface area contributed by atoms with Gasteiger partial charge in [0.2, 0.25) is 5.88 Å². The van der Waals surface area contributed by atoms with Crippen LogP contribution in [-0.2, 0) is 0 Å². The maximum atomic E-state index is 11.0. The second-order valence-corrected chi connectivity index (χ2v) is 4.07. The van der Waals surface area contributed by atoms with Crippen LogP contribution in [0, 0.1) is 18.5 Å². The molecule has 1 aromatic heterocycles. The molecule has 0 aliphatic carbocycles. The van der Waals surface area contributed by atoms with Crippen LogP contribution in [-0.4, -0.2) is 10.1 Å². The van der Waals surface area contributed by atoms with Crippen molar-refractivity contribution in [1.82, 2.24) is 4.98 Å². The normalized spacial score (nSPS) is 9.42. The summed E-state index contributed by atoms with van der Waals surface area (Å²) < 4.78 is 0.973. The number of hydrogen-bond acceptors (Lipinski definition) is 3. The highest BCUT2D eigenvalue weighted by Gasteiger charge is 2.11. The lowest BCUT2D eigenvalue weighted by atomic mass is 10.3. The molecular formula is C6H2I2N2O2. The molecule has 1 rings (SSSR count). The Labute approximate surface area is 94.9 Å². The molecule has 0 saturated carbocycles. The number of hydrogen-bond donors (Lipinski definition) is 2. The molecule has 0 saturated heterocycles. The van der Waals surface area contributed by atoms with Gasteiger partial charge in [-0.1, -0.05) is 0 Å². The van der Waals surface area contributed by atoms with Crippen LogP contribution in [0.2, 0.25) is 0 Å². The van der Waals surface area contributed by atoms with Crippen molar-refractivity contribution < 1.29 is 5.11 Å². The zero-order chi connectivity index (χ0) is 9.30. The Kier molecular flexibility index (Phi) is 2.94. The first-order valence-electron chi connectivity index (χ1n) is 2.78. The lowest BCUT2D eigenvalue weighted by molar-refractivity contribution is 0.447. The molecule has 12 heavy (non-hydrogen) atoms. The largest absolute Gasteiger partial charge is 0.494 e. The SMILES string of the molecule is N#Cc1c(I)c(I)c(O)[nH]c1=O. The monoisotopic (exact) mass is 388 g/mol. The van der Waals surface area contributed by atoms with Gasteiger partial charge in [0.1, 0.15) is 11.6 Å². The lowest BCUT2D eigenvalue weighted by Crippen LogP contribution is -2.13. The molecule has 0 spiro atoms. The molecular weight excluding hydrogens is 386 g/mol. The van der Waals surface area contributed by atoms with E-state index in [4.69, 9.17) is 10.4 Å². The van der Waals surface area contributed by atoms with Gasteiger partial charge in [0.25, 0.3) is 5.56 Å². The smallest absolute Gasteiger partial charge is 0.269 e. The van der Waals surface area contributed by atoms with Gasteiger partial charge >= 0.3 is 0 Å². The Balaban J connectivity index is 3.66. The highest BCUT2D eigenvalue weighted by atomic mass is 127. The van der Waals surface area contributed by atoms with Gasteiger partial charge in [0, 0.05) is 0 Å². The number of pyridine rings is 1. The molecule has 1 heterocycles. The van der Waals surface area contributed by atoms with Crippen molar-refractivity contribution in [3.05, 3.63) is 23.1 Å². The first kappa shape index (κ1) is 9.79. The van der Waals surface area contributed by atoms with Crippen LogP contribution >= 0.6 is 45.2 Å². The molecule has 0 bridgehead atoms. The predicted molar refractivity (Wildman–Crippen MR) is 58.9 cm³/mol. The topological polar surface area (TPSA) is 76.9 Å². The van der Waals surface area contributed by atoms with Gasteiger partial charge in [0.15, 0.2) is 0 Å². The minimum absolute atomic E-state index is 0.0396. The minimum Gasteiger partial charge on any atom is -0.494 e. The number of rotatable bonds is 0. The number of nitrogens with zero attached hydrogens (tertiary/aromatic N) is 1. The second kappa shape index (κ2) is 3.61. The van der Waals surface area contributed by atoms with Crippen molar-refractivity contribution in [3.63, 3.8) is 0 Å². The van der Waals surface area contributed by atoms with Crippen LogP contribution in [0.15, 0.2) is 4.79 Å². The number of nitrogens with one attached hydrogen (secondary N) is 1. The highest BCUT2D eigenvalue weighted by molar-refractivity contribution is 14.1. The van der Waals surface area contributed by atoms with E-state index in [1.54, 1.807) is 6.07 Å². The first-order chi connectivity index (χ1) is 5.57. The van der Waals surface area contributed by atoms with E-state index in [0.29, 0.717) is 7.14 Å². The number of aromatic nitrogens is 1. The fourth-order valence-electron chi connectivity index (χ4n) is 0.638. The summed E-state index contributed by atoms with van der Waals surface area (Å²) in [4.78, 5) is 13.2. The van der Waals surface area contributed by atoms with Crippen molar-refractivity contribution >= 4 is 45.2 Å². The van der Waals surface area contributed by atoms with Crippen molar-refractivity contribution in [2.75, 3.05) is 0 Å². The van der Waals surface area contributed by atoms with Gasteiger partial charge in [0.05, 0.1) is 7.14 Å². The molecule has 0 atom stereocenters. The summed E-state index contributed by atoms with van der Waals surface area (Å²) in [5.41, 5.74) is -0.516. The van der Waals surface area contributed by atoms with Crippen LogP contribution in [0.5, 0.6) is 5.88 Å². The molecule has 4 nitrogen and oxygen atoms in total. The molecule has 0 aromatic carbocycles. The Hall–Kier alpha value is -0.300. The summed E-state index contributed by atoms with van der Waals surface area (Å²) in [6.45, 7) is 0. The number of H-pyrrole nitrogens is 1. The molecule has 6 heteroatoms. The van der Waals surface area contributed by atoms with E-state index in [9.17, 15) is 4.79 Å². The van der Waals surface area contributed by atoms with Gasteiger partial charge in [-0.25, -0.2) is 0 Å². The average molecular weight is 388 g/mol. The Bertz CT molecular complexity index is 419. The maximum Gasteiger partial charge on any atom is 0.269 e. The van der Waals surface area contributed by atoms with Crippen LogP contribution in [0.1, 0.15) is 5.56 Å². The Morgan fingerprint density at radius 1 is 1.42 bits per heavy atom. The number of nitriles is 1. The van der Waals surface area contributed by atoms with Crippen LogP contribution in [0.3, 0.4) is 0 Å². The second-order valence-electron chi connectivity index (χ2n) is 1.92. The maximum absolute atomic E-state index is 11.0. The third kappa shape index (κ3) is 1.56. The van der Waals surface area contributed by atoms with Crippen LogP contribution in [0.4, 0.5) is 0 Å². The number of aromatic amines is 1. The molecule has 0 radical (unpaired) electrons. The van der Waals surface area contributed by atoms with E-state index in [1.165, 1.54) is 0 Å². The lowest BCUT2D eigenvalue weighted by Gasteiger charge is -1.99. The summed E-state index contributed by atoms with van der Waals surface area (Å²) in [6.07, 6.45) is 0. The van der Waals surface area contributed by atoms with E-state index in [0.717, 1.165) is 0 Å². The van der Waals surface area contributed by atoms with E-state index in [-0.39, 0.29) is 11.4 Å². The minimum atomic E-state index is -0.556. The van der Waals surface area contributed by atoms with Crippen LogP contribution in [0.25, 0.3) is 0 Å². The summed E-state index contributed by atoms with van der Waals surface area (Å²) in [5.74, 6) is -0.191. The van der Waals surface area contributed by atoms with Gasteiger partial charge in [-0.2, -0.15) is 5.26 Å². The number of aromatic hydroxyl groups is 1. The summed E-state index contributed by atoms with van der Waals surface area (Å²) in [6, 6.07) is 1.76. The van der Waals surface area contributed by atoms with E-state index in [1.807, 2.05) is 45.2 Å². The molecule has 62 valence electrons. The standard InChI is InChI=1S/C6H2I2N2O2/c7-3-2(1-9)5(11)10-6(12)4(3)8/h(H2,10,11,12). The highest BCUT2D eigenvalue weighted by Crippen LogP contribution is 2.22. The van der Waals surface area contributed by atoms with Crippen molar-refractivity contribution in [2.45, 2.75) is 0 Å². The Morgan fingerprint density at radius 2 is 2.00 bits per heavy atom.